The third-order valence-corrected chi connectivity index (χ3v) is 4.91. The second kappa shape index (κ2) is 8.37. The van der Waals surface area contributed by atoms with E-state index in [0.29, 0.717) is 37.7 Å². The lowest BCUT2D eigenvalue weighted by Gasteiger charge is -2.33. The molecule has 1 fully saturated rings. The second-order valence-electron chi connectivity index (χ2n) is 6.64. The largest absolute Gasteiger partial charge is 0.468 e. The highest BCUT2D eigenvalue weighted by atomic mass is 16.5. The summed E-state index contributed by atoms with van der Waals surface area (Å²) in [6.45, 7) is 3.72. The van der Waals surface area contributed by atoms with Crippen LogP contribution in [0.1, 0.15) is 17.5 Å². The molecule has 1 aliphatic rings. The topological polar surface area (TPSA) is 96.7 Å². The molecular formula is C20H22N4O4. The number of hydrogen-bond donors (Lipinski definition) is 2. The van der Waals surface area contributed by atoms with Crippen LogP contribution in [0.3, 0.4) is 0 Å². The fourth-order valence-electron chi connectivity index (χ4n) is 3.39. The van der Waals surface area contributed by atoms with Crippen molar-refractivity contribution < 1.29 is 9.15 Å². The standard InChI is InChI=1S/C20H22N4O4/c25-19-17(22-12-14-4-1-2-6-21-14)18(20(19)26)23-13-15(16-5-3-9-28-16)24-7-10-27-11-8-24/h1-6,9,15,22-23H,7-8,10-13H2. The lowest BCUT2D eigenvalue weighted by molar-refractivity contribution is 0.0144. The van der Waals surface area contributed by atoms with Gasteiger partial charge in [-0.1, -0.05) is 6.07 Å². The van der Waals surface area contributed by atoms with Gasteiger partial charge in [0.25, 0.3) is 10.9 Å². The summed E-state index contributed by atoms with van der Waals surface area (Å²) >= 11 is 0. The van der Waals surface area contributed by atoms with Crippen molar-refractivity contribution in [3.63, 3.8) is 0 Å². The molecule has 3 heterocycles. The normalized spacial score (nSPS) is 16.1. The summed E-state index contributed by atoms with van der Waals surface area (Å²) in [5, 5.41) is 6.19. The van der Waals surface area contributed by atoms with Crippen molar-refractivity contribution in [1.29, 1.82) is 0 Å². The minimum absolute atomic E-state index is 0.0491. The third-order valence-electron chi connectivity index (χ3n) is 4.91. The Hall–Kier alpha value is -2.97. The van der Waals surface area contributed by atoms with Crippen LogP contribution in [0.4, 0.5) is 11.4 Å². The number of anilines is 2. The minimum atomic E-state index is -0.501. The van der Waals surface area contributed by atoms with Crippen LogP contribution in [0, 0.1) is 0 Å². The minimum Gasteiger partial charge on any atom is -0.468 e. The number of hydrogen-bond acceptors (Lipinski definition) is 8. The van der Waals surface area contributed by atoms with Crippen LogP contribution in [0.5, 0.6) is 0 Å². The van der Waals surface area contributed by atoms with Crippen LogP contribution in [0.2, 0.25) is 0 Å². The zero-order chi connectivity index (χ0) is 19.3. The molecule has 2 N–H and O–H groups in total. The van der Waals surface area contributed by atoms with Crippen LogP contribution in [0.25, 0.3) is 0 Å². The molecule has 0 bridgehead atoms. The van der Waals surface area contributed by atoms with Crippen molar-refractivity contribution in [2.24, 2.45) is 0 Å². The molecule has 8 heteroatoms. The van der Waals surface area contributed by atoms with E-state index in [4.69, 9.17) is 9.15 Å². The van der Waals surface area contributed by atoms with Gasteiger partial charge < -0.3 is 19.8 Å². The maximum atomic E-state index is 12.1. The van der Waals surface area contributed by atoms with Gasteiger partial charge in [0.05, 0.1) is 37.8 Å². The van der Waals surface area contributed by atoms with Gasteiger partial charge in [0.15, 0.2) is 0 Å². The number of nitrogens with zero attached hydrogens (tertiary/aromatic N) is 2. The molecule has 1 aromatic carbocycles. The van der Waals surface area contributed by atoms with Gasteiger partial charge >= 0.3 is 0 Å². The number of ether oxygens (including phenoxy) is 1. The Morgan fingerprint density at radius 1 is 1.04 bits per heavy atom. The highest BCUT2D eigenvalue weighted by Gasteiger charge is 2.27. The van der Waals surface area contributed by atoms with Crippen molar-refractivity contribution in [3.05, 3.63) is 74.7 Å². The number of furan rings is 1. The zero-order valence-electron chi connectivity index (χ0n) is 15.4. The SMILES string of the molecule is O=c1c(NCc2ccccn2)c(NCC(c2ccco2)N2CCOCC2)c1=O. The number of aromatic nitrogens is 1. The van der Waals surface area contributed by atoms with E-state index in [9.17, 15) is 9.59 Å². The third kappa shape index (κ3) is 3.83. The Bertz CT molecular complexity index is 958. The molecule has 0 aliphatic carbocycles. The first kappa shape index (κ1) is 18.4. The van der Waals surface area contributed by atoms with E-state index in [1.807, 2.05) is 30.3 Å². The fraction of sp³-hybridized carbons (Fsp3) is 0.350. The van der Waals surface area contributed by atoms with Crippen molar-refractivity contribution in [2.45, 2.75) is 12.6 Å². The van der Waals surface area contributed by atoms with Crippen LogP contribution >= 0.6 is 0 Å². The van der Waals surface area contributed by atoms with Gasteiger partial charge in [0.1, 0.15) is 17.1 Å². The molecule has 1 saturated heterocycles. The van der Waals surface area contributed by atoms with E-state index in [-0.39, 0.29) is 6.04 Å². The van der Waals surface area contributed by atoms with Crippen LogP contribution in [0.15, 0.2) is 56.8 Å². The molecule has 8 nitrogen and oxygen atoms in total. The smallest absolute Gasteiger partial charge is 0.253 e. The van der Waals surface area contributed by atoms with Crippen molar-refractivity contribution in [2.75, 3.05) is 43.5 Å². The molecule has 2 aromatic heterocycles. The van der Waals surface area contributed by atoms with Gasteiger partial charge in [-0.05, 0) is 24.3 Å². The van der Waals surface area contributed by atoms with E-state index in [1.165, 1.54) is 0 Å². The summed E-state index contributed by atoms with van der Waals surface area (Å²) in [7, 11) is 0. The lowest BCUT2D eigenvalue weighted by Crippen LogP contribution is -2.43. The molecule has 146 valence electrons. The van der Waals surface area contributed by atoms with Gasteiger partial charge in [-0.15, -0.1) is 0 Å². The Kier molecular flexibility index (Phi) is 5.50. The number of rotatable bonds is 8. The molecule has 1 unspecified atom stereocenters. The van der Waals surface area contributed by atoms with Crippen molar-refractivity contribution in [1.82, 2.24) is 9.88 Å². The van der Waals surface area contributed by atoms with E-state index in [1.54, 1.807) is 12.5 Å². The first-order chi connectivity index (χ1) is 13.7. The maximum Gasteiger partial charge on any atom is 0.253 e. The van der Waals surface area contributed by atoms with Crippen LogP contribution in [-0.4, -0.2) is 42.7 Å². The van der Waals surface area contributed by atoms with Crippen LogP contribution in [-0.2, 0) is 11.3 Å². The molecule has 4 rings (SSSR count). The molecule has 0 saturated carbocycles. The van der Waals surface area contributed by atoms with E-state index in [2.05, 4.69) is 20.5 Å². The monoisotopic (exact) mass is 382 g/mol. The Morgan fingerprint density at radius 2 is 1.82 bits per heavy atom. The quantitative estimate of drug-likeness (QED) is 0.564. The molecular weight excluding hydrogens is 360 g/mol. The molecule has 3 aromatic rings. The number of morpholine rings is 1. The average Bonchev–Trinajstić information content (AvgIpc) is 3.28. The second-order valence-corrected chi connectivity index (χ2v) is 6.64. The molecule has 1 atom stereocenters. The average molecular weight is 382 g/mol. The van der Waals surface area contributed by atoms with Gasteiger partial charge in [-0.25, -0.2) is 0 Å². The first-order valence-corrected chi connectivity index (χ1v) is 9.30. The zero-order valence-corrected chi connectivity index (χ0v) is 15.4. The predicted molar refractivity (Wildman–Crippen MR) is 105 cm³/mol. The molecule has 0 amide bonds. The van der Waals surface area contributed by atoms with E-state index in [0.717, 1.165) is 24.5 Å². The fourth-order valence-corrected chi connectivity index (χ4v) is 3.39. The number of nitrogens with one attached hydrogen (secondary N) is 2. The van der Waals surface area contributed by atoms with Crippen molar-refractivity contribution in [3.8, 4) is 0 Å². The molecule has 1 aliphatic heterocycles. The summed E-state index contributed by atoms with van der Waals surface area (Å²) in [6.07, 6.45) is 3.33. The Balaban J connectivity index is 1.45. The molecule has 28 heavy (non-hydrogen) atoms. The summed E-state index contributed by atoms with van der Waals surface area (Å²) in [5.41, 5.74) is 0.438. The summed E-state index contributed by atoms with van der Waals surface area (Å²) in [5.74, 6) is 0.816. The molecule has 0 spiro atoms. The first-order valence-electron chi connectivity index (χ1n) is 9.30. The van der Waals surface area contributed by atoms with Gasteiger partial charge in [-0.2, -0.15) is 0 Å². The van der Waals surface area contributed by atoms with Crippen LogP contribution < -0.4 is 21.5 Å². The van der Waals surface area contributed by atoms with Gasteiger partial charge in [-0.3, -0.25) is 19.5 Å². The highest BCUT2D eigenvalue weighted by Crippen LogP contribution is 2.24. The summed E-state index contributed by atoms with van der Waals surface area (Å²) < 4.78 is 11.0. The lowest BCUT2D eigenvalue weighted by atomic mass is 10.1. The van der Waals surface area contributed by atoms with Gasteiger partial charge in [0.2, 0.25) is 0 Å². The Labute approximate surface area is 161 Å². The Morgan fingerprint density at radius 3 is 2.50 bits per heavy atom. The summed E-state index contributed by atoms with van der Waals surface area (Å²) in [6, 6.07) is 9.28. The van der Waals surface area contributed by atoms with Crippen molar-refractivity contribution >= 4 is 11.4 Å². The molecule has 0 radical (unpaired) electrons. The summed E-state index contributed by atoms with van der Waals surface area (Å²) in [4.78, 5) is 30.5. The number of pyridine rings is 1. The van der Waals surface area contributed by atoms with E-state index >= 15 is 0 Å². The van der Waals surface area contributed by atoms with E-state index < -0.39 is 10.9 Å². The highest BCUT2D eigenvalue weighted by molar-refractivity contribution is 5.74. The maximum absolute atomic E-state index is 12.1. The van der Waals surface area contributed by atoms with Gasteiger partial charge in [0, 0.05) is 25.8 Å². The predicted octanol–water partition coefficient (Wildman–Crippen LogP) is 1.37.